The lowest BCUT2D eigenvalue weighted by molar-refractivity contribution is -0.137. The minimum absolute atomic E-state index is 0.0141. The molecule has 0 atom stereocenters. The number of alkyl halides is 3. The molecular formula is C22H19F3N4O2. The zero-order chi connectivity index (χ0) is 22.6. The summed E-state index contributed by atoms with van der Waals surface area (Å²) in [7, 11) is 3.52. The molecule has 0 saturated carbocycles. The van der Waals surface area contributed by atoms with Gasteiger partial charge in [-0.25, -0.2) is 4.98 Å². The van der Waals surface area contributed by atoms with Crippen molar-refractivity contribution in [2.24, 2.45) is 0 Å². The van der Waals surface area contributed by atoms with Crippen molar-refractivity contribution in [3.8, 4) is 0 Å². The van der Waals surface area contributed by atoms with Crippen LogP contribution in [-0.4, -0.2) is 30.9 Å². The standard InChI is InChI=1S/C22H19F3N4O2/c1-29(2)19-18(10-5-11-26-19)21(31)28-16-8-3-6-14(12-16)20(30)27-17-9-4-7-15(13-17)22(23,24)25/h3-13H,1-2H3,(H,27,30)(H,28,31). The summed E-state index contributed by atoms with van der Waals surface area (Å²) in [5, 5.41) is 5.15. The molecule has 6 nitrogen and oxygen atoms in total. The summed E-state index contributed by atoms with van der Waals surface area (Å²) in [6.45, 7) is 0. The van der Waals surface area contributed by atoms with E-state index in [0.717, 1.165) is 12.1 Å². The minimum Gasteiger partial charge on any atom is -0.362 e. The average molecular weight is 428 g/mol. The SMILES string of the molecule is CN(C)c1ncccc1C(=O)Nc1cccc(C(=O)Nc2cccc(C(F)(F)F)c2)c1. The predicted octanol–water partition coefficient (Wildman–Crippen LogP) is 4.67. The molecular weight excluding hydrogens is 409 g/mol. The predicted molar refractivity (Wildman–Crippen MR) is 112 cm³/mol. The van der Waals surface area contributed by atoms with Crippen LogP contribution >= 0.6 is 0 Å². The summed E-state index contributed by atoms with van der Waals surface area (Å²) in [5.41, 5.74) is 0.0375. The first kappa shape index (κ1) is 21.8. The Morgan fingerprint density at radius 1 is 0.871 bits per heavy atom. The molecule has 1 heterocycles. The summed E-state index contributed by atoms with van der Waals surface area (Å²) in [4.78, 5) is 31.0. The molecule has 2 aromatic carbocycles. The number of amides is 2. The molecule has 0 saturated heterocycles. The Hall–Kier alpha value is -3.88. The van der Waals surface area contributed by atoms with Gasteiger partial charge >= 0.3 is 6.18 Å². The second-order valence-corrected chi connectivity index (χ2v) is 6.84. The fourth-order valence-corrected chi connectivity index (χ4v) is 2.84. The Morgan fingerprint density at radius 2 is 1.52 bits per heavy atom. The number of rotatable bonds is 5. The first-order valence-corrected chi connectivity index (χ1v) is 9.17. The zero-order valence-electron chi connectivity index (χ0n) is 16.7. The Morgan fingerprint density at radius 3 is 2.19 bits per heavy atom. The van der Waals surface area contributed by atoms with Gasteiger partial charge in [0.2, 0.25) is 0 Å². The van der Waals surface area contributed by atoms with Crippen LogP contribution in [0.25, 0.3) is 0 Å². The highest BCUT2D eigenvalue weighted by Gasteiger charge is 2.30. The average Bonchev–Trinajstić information content (AvgIpc) is 2.73. The number of aromatic nitrogens is 1. The van der Waals surface area contributed by atoms with Crippen LogP contribution in [0.2, 0.25) is 0 Å². The van der Waals surface area contributed by atoms with Gasteiger partial charge in [0.15, 0.2) is 0 Å². The first-order valence-electron chi connectivity index (χ1n) is 9.17. The summed E-state index contributed by atoms with van der Waals surface area (Å²) in [5.74, 6) is -0.531. The van der Waals surface area contributed by atoms with Gasteiger partial charge in [-0.15, -0.1) is 0 Å². The van der Waals surface area contributed by atoms with Crippen LogP contribution in [0.4, 0.5) is 30.4 Å². The van der Waals surface area contributed by atoms with E-state index in [9.17, 15) is 22.8 Å². The van der Waals surface area contributed by atoms with E-state index in [1.165, 1.54) is 24.3 Å². The lowest BCUT2D eigenvalue weighted by Gasteiger charge is -2.15. The summed E-state index contributed by atoms with van der Waals surface area (Å²) in [6, 6.07) is 13.7. The van der Waals surface area contributed by atoms with E-state index < -0.39 is 23.6 Å². The Labute approximate surface area is 176 Å². The molecule has 2 amide bonds. The molecule has 0 radical (unpaired) electrons. The third-order valence-electron chi connectivity index (χ3n) is 4.29. The van der Waals surface area contributed by atoms with E-state index in [2.05, 4.69) is 15.6 Å². The number of carbonyl (C=O) groups excluding carboxylic acids is 2. The van der Waals surface area contributed by atoms with Crippen molar-refractivity contribution in [1.82, 2.24) is 4.98 Å². The van der Waals surface area contributed by atoms with Crippen molar-refractivity contribution in [2.75, 3.05) is 29.6 Å². The van der Waals surface area contributed by atoms with E-state index in [1.54, 1.807) is 49.5 Å². The molecule has 31 heavy (non-hydrogen) atoms. The number of nitrogens with one attached hydrogen (secondary N) is 2. The van der Waals surface area contributed by atoms with Gasteiger partial charge in [-0.3, -0.25) is 9.59 Å². The topological polar surface area (TPSA) is 74.3 Å². The van der Waals surface area contributed by atoms with Crippen molar-refractivity contribution in [3.05, 3.63) is 83.6 Å². The van der Waals surface area contributed by atoms with Crippen molar-refractivity contribution < 1.29 is 22.8 Å². The normalized spacial score (nSPS) is 11.0. The molecule has 0 aliphatic heterocycles. The summed E-state index contributed by atoms with van der Waals surface area (Å²) >= 11 is 0. The number of hydrogen-bond acceptors (Lipinski definition) is 4. The maximum absolute atomic E-state index is 12.9. The van der Waals surface area contributed by atoms with Crippen LogP contribution in [-0.2, 0) is 6.18 Å². The number of pyridine rings is 1. The zero-order valence-corrected chi connectivity index (χ0v) is 16.7. The molecule has 160 valence electrons. The first-order chi connectivity index (χ1) is 14.6. The smallest absolute Gasteiger partial charge is 0.362 e. The molecule has 9 heteroatoms. The van der Waals surface area contributed by atoms with Gasteiger partial charge < -0.3 is 15.5 Å². The lowest BCUT2D eigenvalue weighted by atomic mass is 10.1. The number of benzene rings is 2. The van der Waals surface area contributed by atoms with Crippen molar-refractivity contribution in [1.29, 1.82) is 0 Å². The molecule has 2 N–H and O–H groups in total. The van der Waals surface area contributed by atoms with Gasteiger partial charge in [-0.2, -0.15) is 13.2 Å². The molecule has 0 aliphatic carbocycles. The van der Waals surface area contributed by atoms with E-state index in [0.29, 0.717) is 17.1 Å². The van der Waals surface area contributed by atoms with Crippen molar-refractivity contribution in [2.45, 2.75) is 6.18 Å². The van der Waals surface area contributed by atoms with Gasteiger partial charge in [0.1, 0.15) is 5.82 Å². The van der Waals surface area contributed by atoms with E-state index in [4.69, 9.17) is 0 Å². The highest BCUT2D eigenvalue weighted by Crippen LogP contribution is 2.30. The maximum atomic E-state index is 12.9. The summed E-state index contributed by atoms with van der Waals surface area (Å²) < 4.78 is 38.6. The molecule has 0 spiro atoms. The second kappa shape index (κ2) is 8.86. The van der Waals surface area contributed by atoms with Crippen LogP contribution in [0, 0.1) is 0 Å². The Kier molecular flexibility index (Phi) is 6.24. The van der Waals surface area contributed by atoms with E-state index in [1.807, 2.05) is 0 Å². The second-order valence-electron chi connectivity index (χ2n) is 6.84. The van der Waals surface area contributed by atoms with Gasteiger partial charge in [-0.1, -0.05) is 12.1 Å². The molecule has 0 unspecified atom stereocenters. The van der Waals surface area contributed by atoms with Crippen LogP contribution in [0.15, 0.2) is 66.9 Å². The third-order valence-corrected chi connectivity index (χ3v) is 4.29. The highest BCUT2D eigenvalue weighted by atomic mass is 19.4. The number of anilines is 3. The van der Waals surface area contributed by atoms with Crippen molar-refractivity contribution >= 4 is 29.0 Å². The van der Waals surface area contributed by atoms with Crippen LogP contribution in [0.3, 0.4) is 0 Å². The van der Waals surface area contributed by atoms with Crippen molar-refractivity contribution in [3.63, 3.8) is 0 Å². The number of nitrogens with zero attached hydrogens (tertiary/aromatic N) is 2. The van der Waals surface area contributed by atoms with E-state index in [-0.39, 0.29) is 11.3 Å². The number of halogens is 3. The van der Waals surface area contributed by atoms with Crippen LogP contribution in [0.5, 0.6) is 0 Å². The fourth-order valence-electron chi connectivity index (χ4n) is 2.84. The molecule has 0 bridgehead atoms. The Bertz CT molecular complexity index is 1110. The fraction of sp³-hybridized carbons (Fsp3) is 0.136. The molecule has 0 aliphatic rings. The van der Waals surface area contributed by atoms with Crippen LogP contribution in [0.1, 0.15) is 26.3 Å². The van der Waals surface area contributed by atoms with Gasteiger partial charge in [0, 0.05) is 37.2 Å². The van der Waals surface area contributed by atoms with Gasteiger partial charge in [0.25, 0.3) is 11.8 Å². The molecule has 3 rings (SSSR count). The van der Waals surface area contributed by atoms with Gasteiger partial charge in [0.05, 0.1) is 11.1 Å². The number of carbonyl (C=O) groups is 2. The molecule has 0 fully saturated rings. The highest BCUT2D eigenvalue weighted by molar-refractivity contribution is 6.09. The monoisotopic (exact) mass is 428 g/mol. The Balaban J connectivity index is 1.76. The molecule has 3 aromatic rings. The van der Waals surface area contributed by atoms with Gasteiger partial charge in [-0.05, 0) is 48.5 Å². The maximum Gasteiger partial charge on any atom is 0.416 e. The minimum atomic E-state index is -4.51. The van der Waals surface area contributed by atoms with E-state index >= 15 is 0 Å². The largest absolute Gasteiger partial charge is 0.416 e. The third kappa shape index (κ3) is 5.39. The summed E-state index contributed by atoms with van der Waals surface area (Å²) in [6.07, 6.45) is -2.94. The van der Waals surface area contributed by atoms with Crippen LogP contribution < -0.4 is 15.5 Å². The molecule has 1 aromatic heterocycles. The number of hydrogen-bond donors (Lipinski definition) is 2. The quantitative estimate of drug-likeness (QED) is 0.619. The lowest BCUT2D eigenvalue weighted by Crippen LogP contribution is -2.20.